The van der Waals surface area contributed by atoms with Crippen LogP contribution in [0.1, 0.15) is 6.92 Å². The number of anilines is 2. The molecule has 1 N–H and O–H groups in total. The third-order valence-corrected chi connectivity index (χ3v) is 4.47. The van der Waals surface area contributed by atoms with Gasteiger partial charge in [0.1, 0.15) is 29.6 Å². The Balaban J connectivity index is 2.31. The van der Waals surface area contributed by atoms with Crippen LogP contribution in [-0.4, -0.2) is 33.7 Å². The topological polar surface area (TPSA) is 75.7 Å². The lowest BCUT2D eigenvalue weighted by atomic mass is 10.2. The summed E-state index contributed by atoms with van der Waals surface area (Å²) in [4.78, 5) is 12.2. The third kappa shape index (κ3) is 4.69. The molecule has 1 amide bonds. The van der Waals surface area contributed by atoms with Gasteiger partial charge < -0.3 is 10.1 Å². The maximum atomic E-state index is 13.7. The van der Waals surface area contributed by atoms with Crippen LogP contribution in [0.25, 0.3) is 0 Å². The Morgan fingerprint density at radius 3 is 2.31 bits per heavy atom. The lowest BCUT2D eigenvalue weighted by Crippen LogP contribution is -2.38. The number of nitrogens with one attached hydrogen (secondary N) is 1. The van der Waals surface area contributed by atoms with Gasteiger partial charge in [0.05, 0.1) is 18.6 Å². The summed E-state index contributed by atoms with van der Waals surface area (Å²) < 4.78 is 57.8. The second-order valence-corrected chi connectivity index (χ2v) is 7.22. The predicted molar refractivity (Wildman–Crippen MR) is 94.8 cm³/mol. The van der Waals surface area contributed by atoms with Gasteiger partial charge in [-0.05, 0) is 31.2 Å². The molecule has 0 bridgehead atoms. The number of carbonyl (C=O) groups excluding carboxylic acids is 1. The fourth-order valence-corrected chi connectivity index (χ4v) is 3.11. The molecule has 0 spiro atoms. The van der Waals surface area contributed by atoms with Crippen molar-refractivity contribution in [2.75, 3.05) is 29.0 Å². The second-order valence-electron chi connectivity index (χ2n) is 5.32. The standard InChI is InChI=1S/C17H18F2N2O4S/c1-3-25-15-10-5-4-9-14(15)21(26(2,23)24)11-16(22)20-17-12(18)7-6-8-13(17)19/h4-10H,3,11H2,1-2H3,(H,20,22). The number of hydrogen-bond donors (Lipinski definition) is 1. The number of para-hydroxylation sites is 3. The predicted octanol–water partition coefficient (Wildman–Crippen LogP) is 2.77. The van der Waals surface area contributed by atoms with E-state index in [1.807, 2.05) is 0 Å². The molecule has 2 rings (SSSR count). The summed E-state index contributed by atoms with van der Waals surface area (Å²) in [6.45, 7) is 1.35. The Morgan fingerprint density at radius 2 is 1.73 bits per heavy atom. The van der Waals surface area contributed by atoms with Crippen molar-refractivity contribution in [3.63, 3.8) is 0 Å². The molecule has 2 aromatic carbocycles. The van der Waals surface area contributed by atoms with E-state index in [0.717, 1.165) is 28.8 Å². The lowest BCUT2D eigenvalue weighted by molar-refractivity contribution is -0.114. The molecule has 26 heavy (non-hydrogen) atoms. The minimum atomic E-state index is -3.86. The summed E-state index contributed by atoms with van der Waals surface area (Å²) in [7, 11) is -3.86. The van der Waals surface area contributed by atoms with E-state index in [4.69, 9.17) is 4.74 Å². The van der Waals surface area contributed by atoms with Gasteiger partial charge in [0.25, 0.3) is 0 Å². The number of carbonyl (C=O) groups is 1. The second kappa shape index (κ2) is 8.13. The van der Waals surface area contributed by atoms with Crippen molar-refractivity contribution in [2.24, 2.45) is 0 Å². The van der Waals surface area contributed by atoms with Gasteiger partial charge in [0.15, 0.2) is 0 Å². The Labute approximate surface area is 150 Å². The fraction of sp³-hybridized carbons (Fsp3) is 0.235. The number of halogens is 2. The zero-order chi connectivity index (χ0) is 19.3. The van der Waals surface area contributed by atoms with Crippen LogP contribution in [0.5, 0.6) is 5.75 Å². The first-order valence-electron chi connectivity index (χ1n) is 7.67. The van der Waals surface area contributed by atoms with Crippen LogP contribution in [0.4, 0.5) is 20.2 Å². The fourth-order valence-electron chi connectivity index (χ4n) is 2.25. The summed E-state index contributed by atoms with van der Waals surface area (Å²) in [6.07, 6.45) is 0.923. The quantitative estimate of drug-likeness (QED) is 0.797. The highest BCUT2D eigenvalue weighted by Crippen LogP contribution is 2.30. The summed E-state index contributed by atoms with van der Waals surface area (Å²) in [6, 6.07) is 9.40. The SMILES string of the molecule is CCOc1ccccc1N(CC(=O)Nc1c(F)cccc1F)S(C)(=O)=O. The molecule has 0 saturated heterocycles. The highest BCUT2D eigenvalue weighted by molar-refractivity contribution is 7.92. The molecule has 0 radical (unpaired) electrons. The molecule has 0 heterocycles. The van der Waals surface area contributed by atoms with Gasteiger partial charge in [0, 0.05) is 0 Å². The Bertz CT molecular complexity index is 883. The molecule has 0 unspecified atom stereocenters. The van der Waals surface area contributed by atoms with Gasteiger partial charge in [-0.15, -0.1) is 0 Å². The number of nitrogens with zero attached hydrogens (tertiary/aromatic N) is 1. The maximum absolute atomic E-state index is 13.7. The van der Waals surface area contributed by atoms with Crippen molar-refractivity contribution in [2.45, 2.75) is 6.92 Å². The summed E-state index contributed by atoms with van der Waals surface area (Å²) in [5, 5.41) is 2.07. The van der Waals surface area contributed by atoms with Gasteiger partial charge in [-0.25, -0.2) is 17.2 Å². The van der Waals surface area contributed by atoms with Crippen molar-refractivity contribution in [3.05, 3.63) is 54.1 Å². The normalized spacial score (nSPS) is 11.1. The highest BCUT2D eigenvalue weighted by Gasteiger charge is 2.24. The molecule has 0 aliphatic heterocycles. The first kappa shape index (κ1) is 19.6. The number of sulfonamides is 1. The van der Waals surface area contributed by atoms with E-state index < -0.39 is 39.8 Å². The first-order chi connectivity index (χ1) is 12.2. The van der Waals surface area contributed by atoms with Crippen molar-refractivity contribution in [3.8, 4) is 5.75 Å². The van der Waals surface area contributed by atoms with Gasteiger partial charge in [-0.2, -0.15) is 0 Å². The zero-order valence-corrected chi connectivity index (χ0v) is 15.0. The molecule has 0 atom stereocenters. The molecule has 0 fully saturated rings. The van der Waals surface area contributed by atoms with E-state index in [-0.39, 0.29) is 11.4 Å². The average Bonchev–Trinajstić information content (AvgIpc) is 2.56. The van der Waals surface area contributed by atoms with Crippen LogP contribution in [0, 0.1) is 11.6 Å². The van der Waals surface area contributed by atoms with E-state index in [1.165, 1.54) is 6.07 Å². The van der Waals surface area contributed by atoms with E-state index >= 15 is 0 Å². The van der Waals surface area contributed by atoms with Gasteiger partial charge in [0.2, 0.25) is 15.9 Å². The summed E-state index contributed by atoms with van der Waals surface area (Å²) >= 11 is 0. The number of benzene rings is 2. The summed E-state index contributed by atoms with van der Waals surface area (Å²) in [5.74, 6) is -2.55. The molecule has 6 nitrogen and oxygen atoms in total. The maximum Gasteiger partial charge on any atom is 0.245 e. The van der Waals surface area contributed by atoms with Crippen LogP contribution >= 0.6 is 0 Å². The molecular formula is C17H18F2N2O4S. The van der Waals surface area contributed by atoms with Crippen molar-refractivity contribution in [1.29, 1.82) is 0 Å². The van der Waals surface area contributed by atoms with E-state index in [0.29, 0.717) is 6.61 Å². The van der Waals surface area contributed by atoms with Crippen LogP contribution in [0.15, 0.2) is 42.5 Å². The molecule has 140 valence electrons. The highest BCUT2D eigenvalue weighted by atomic mass is 32.2. The monoisotopic (exact) mass is 384 g/mol. The van der Waals surface area contributed by atoms with Crippen molar-refractivity contribution >= 4 is 27.3 Å². The van der Waals surface area contributed by atoms with Crippen molar-refractivity contribution in [1.82, 2.24) is 0 Å². The van der Waals surface area contributed by atoms with Crippen molar-refractivity contribution < 1.29 is 26.7 Å². The zero-order valence-electron chi connectivity index (χ0n) is 14.2. The van der Waals surface area contributed by atoms with Crippen LogP contribution in [0.2, 0.25) is 0 Å². The van der Waals surface area contributed by atoms with Crippen LogP contribution < -0.4 is 14.4 Å². The average molecular weight is 384 g/mol. The largest absolute Gasteiger partial charge is 0.492 e. The minimum absolute atomic E-state index is 0.154. The van der Waals surface area contributed by atoms with E-state index in [9.17, 15) is 22.0 Å². The molecule has 0 saturated carbocycles. The first-order valence-corrected chi connectivity index (χ1v) is 9.52. The number of ether oxygens (including phenoxy) is 1. The molecule has 9 heteroatoms. The third-order valence-electron chi connectivity index (χ3n) is 3.35. The Hall–Kier alpha value is -2.68. The summed E-state index contributed by atoms with van der Waals surface area (Å²) in [5.41, 5.74) is -0.481. The Kier molecular flexibility index (Phi) is 6.14. The van der Waals surface area contributed by atoms with Gasteiger partial charge in [-0.3, -0.25) is 9.10 Å². The Morgan fingerprint density at radius 1 is 1.12 bits per heavy atom. The molecule has 0 aromatic heterocycles. The molecular weight excluding hydrogens is 366 g/mol. The smallest absolute Gasteiger partial charge is 0.245 e. The van der Waals surface area contributed by atoms with E-state index in [2.05, 4.69) is 5.32 Å². The molecule has 2 aromatic rings. The van der Waals surface area contributed by atoms with Gasteiger partial charge >= 0.3 is 0 Å². The molecule has 0 aliphatic carbocycles. The van der Waals surface area contributed by atoms with Gasteiger partial charge in [-0.1, -0.05) is 18.2 Å². The lowest BCUT2D eigenvalue weighted by Gasteiger charge is -2.24. The minimum Gasteiger partial charge on any atom is -0.492 e. The number of amides is 1. The van der Waals surface area contributed by atoms with Crippen LogP contribution in [0.3, 0.4) is 0 Å². The number of rotatable bonds is 7. The number of hydrogen-bond acceptors (Lipinski definition) is 4. The molecule has 0 aliphatic rings. The van der Waals surface area contributed by atoms with Crippen LogP contribution in [-0.2, 0) is 14.8 Å². The van der Waals surface area contributed by atoms with E-state index in [1.54, 1.807) is 25.1 Å².